The molecule has 0 spiro atoms. The number of rotatable bonds is 3. The highest BCUT2D eigenvalue weighted by molar-refractivity contribution is 5.76. The lowest BCUT2D eigenvalue weighted by atomic mass is 10.1. The van der Waals surface area contributed by atoms with Crippen molar-refractivity contribution >= 4 is 24.2 Å². The molecule has 0 bridgehead atoms. The first-order valence-electron chi connectivity index (χ1n) is 3.73. The molecule has 2 nitrogen and oxygen atoms in total. The van der Waals surface area contributed by atoms with Crippen LogP contribution in [0.3, 0.4) is 0 Å². The maximum atomic E-state index is 3.89. The van der Waals surface area contributed by atoms with Crippen molar-refractivity contribution in [1.29, 1.82) is 0 Å². The molecule has 0 atom stereocenters. The fraction of sp³-hybridized carbons (Fsp3) is 0.100. The molecule has 12 heavy (non-hydrogen) atoms. The van der Waals surface area contributed by atoms with Gasteiger partial charge < -0.3 is 5.32 Å². The zero-order valence-corrected chi connectivity index (χ0v) is 7.17. The van der Waals surface area contributed by atoms with Gasteiger partial charge >= 0.3 is 0 Å². The number of aliphatic imine (C=N–C) groups is 1. The molecule has 0 aromatic heterocycles. The van der Waals surface area contributed by atoms with Crippen molar-refractivity contribution in [1.82, 2.24) is 0 Å². The summed E-state index contributed by atoms with van der Waals surface area (Å²) in [6, 6.07) is 5.82. The Labute approximate surface area is 72.6 Å². The minimum absolute atomic E-state index is 0.858. The number of hydrogen-bond donors (Lipinski definition) is 1. The summed E-state index contributed by atoms with van der Waals surface area (Å²) in [5.41, 5.74) is 2.88. The van der Waals surface area contributed by atoms with Crippen LogP contribution in [0.1, 0.15) is 5.56 Å². The summed E-state index contributed by atoms with van der Waals surface area (Å²) in [5, 5.41) is 3.06. The predicted molar refractivity (Wildman–Crippen MR) is 55.3 cm³/mol. The third-order valence-corrected chi connectivity index (χ3v) is 1.73. The highest BCUT2D eigenvalue weighted by Gasteiger charge is 2.00. The molecule has 0 fully saturated rings. The molecule has 0 unspecified atom stereocenters. The molecule has 1 aromatic rings. The van der Waals surface area contributed by atoms with E-state index in [9.17, 15) is 0 Å². The SMILES string of the molecule is C=Cc1c(N=C)cccc1NC. The zero-order chi connectivity index (χ0) is 8.97. The van der Waals surface area contributed by atoms with Gasteiger partial charge in [-0.1, -0.05) is 18.7 Å². The lowest BCUT2D eigenvalue weighted by Crippen LogP contribution is -1.90. The summed E-state index contributed by atoms with van der Waals surface area (Å²) in [7, 11) is 1.87. The molecule has 0 aliphatic rings. The van der Waals surface area contributed by atoms with E-state index in [1.54, 1.807) is 6.08 Å². The van der Waals surface area contributed by atoms with Crippen LogP contribution in [-0.2, 0) is 0 Å². The van der Waals surface area contributed by atoms with Crippen LogP contribution in [0, 0.1) is 0 Å². The number of hydrogen-bond acceptors (Lipinski definition) is 2. The Balaban J connectivity index is 3.31. The van der Waals surface area contributed by atoms with E-state index in [2.05, 4.69) is 23.6 Å². The van der Waals surface area contributed by atoms with Gasteiger partial charge in [0.2, 0.25) is 0 Å². The number of anilines is 1. The van der Waals surface area contributed by atoms with Crippen LogP contribution < -0.4 is 5.32 Å². The van der Waals surface area contributed by atoms with Crippen LogP contribution >= 0.6 is 0 Å². The first-order valence-corrected chi connectivity index (χ1v) is 3.73. The minimum Gasteiger partial charge on any atom is -0.388 e. The van der Waals surface area contributed by atoms with E-state index in [1.807, 2.05) is 25.2 Å². The summed E-state index contributed by atoms with van der Waals surface area (Å²) >= 11 is 0. The molecule has 0 aliphatic carbocycles. The molecule has 0 aliphatic heterocycles. The highest BCUT2D eigenvalue weighted by Crippen LogP contribution is 2.26. The average Bonchev–Trinajstić information content (AvgIpc) is 2.16. The quantitative estimate of drug-likeness (QED) is 0.675. The van der Waals surface area contributed by atoms with Gasteiger partial charge in [0.15, 0.2) is 0 Å². The number of nitrogens with zero attached hydrogens (tertiary/aromatic N) is 1. The fourth-order valence-electron chi connectivity index (χ4n) is 1.12. The summed E-state index contributed by atoms with van der Waals surface area (Å²) < 4.78 is 0. The van der Waals surface area contributed by atoms with Crippen LogP contribution in [0.2, 0.25) is 0 Å². The Kier molecular flexibility index (Phi) is 2.64. The van der Waals surface area contributed by atoms with Crippen LogP contribution in [0.25, 0.3) is 6.08 Å². The Hall–Kier alpha value is -1.57. The first kappa shape index (κ1) is 8.53. The highest BCUT2D eigenvalue weighted by atomic mass is 14.8. The molecule has 0 radical (unpaired) electrons. The van der Waals surface area contributed by atoms with Crippen molar-refractivity contribution in [2.75, 3.05) is 12.4 Å². The van der Waals surface area contributed by atoms with Gasteiger partial charge in [0.25, 0.3) is 0 Å². The smallest absolute Gasteiger partial charge is 0.0715 e. The summed E-state index contributed by atoms with van der Waals surface area (Å²) in [5.74, 6) is 0. The first-order chi connectivity index (χ1) is 5.83. The van der Waals surface area contributed by atoms with Crippen molar-refractivity contribution in [3.63, 3.8) is 0 Å². The summed E-state index contributed by atoms with van der Waals surface area (Å²) in [6.45, 7) is 7.21. The third-order valence-electron chi connectivity index (χ3n) is 1.73. The van der Waals surface area contributed by atoms with Gasteiger partial charge in [-0.05, 0) is 18.9 Å². The van der Waals surface area contributed by atoms with Crippen molar-refractivity contribution in [2.45, 2.75) is 0 Å². The van der Waals surface area contributed by atoms with Crippen LogP contribution in [-0.4, -0.2) is 13.8 Å². The zero-order valence-electron chi connectivity index (χ0n) is 7.17. The molecule has 1 rings (SSSR count). The predicted octanol–water partition coefficient (Wildman–Crippen LogP) is 2.70. The van der Waals surface area contributed by atoms with E-state index in [1.165, 1.54) is 0 Å². The molecule has 0 saturated heterocycles. The molecule has 0 heterocycles. The molecule has 62 valence electrons. The van der Waals surface area contributed by atoms with E-state index in [4.69, 9.17) is 0 Å². The van der Waals surface area contributed by atoms with Gasteiger partial charge in [0.1, 0.15) is 0 Å². The van der Waals surface area contributed by atoms with Crippen molar-refractivity contribution in [3.8, 4) is 0 Å². The van der Waals surface area contributed by atoms with Gasteiger partial charge in [-0.2, -0.15) is 0 Å². The molecule has 1 aromatic carbocycles. The summed E-state index contributed by atoms with van der Waals surface area (Å²) in [4.78, 5) is 3.89. The van der Waals surface area contributed by atoms with Gasteiger partial charge in [-0.15, -0.1) is 0 Å². The van der Waals surface area contributed by atoms with Crippen molar-refractivity contribution in [2.24, 2.45) is 4.99 Å². The van der Waals surface area contributed by atoms with E-state index in [0.29, 0.717) is 0 Å². The van der Waals surface area contributed by atoms with E-state index in [0.717, 1.165) is 16.9 Å². The van der Waals surface area contributed by atoms with Crippen molar-refractivity contribution in [3.05, 3.63) is 30.3 Å². The second kappa shape index (κ2) is 3.72. The Morgan fingerprint density at radius 1 is 1.50 bits per heavy atom. The minimum atomic E-state index is 0.858. The lowest BCUT2D eigenvalue weighted by Gasteiger charge is -2.06. The molecular formula is C10H12N2. The van der Waals surface area contributed by atoms with Gasteiger partial charge in [0.05, 0.1) is 5.69 Å². The average molecular weight is 160 g/mol. The number of nitrogens with one attached hydrogen (secondary N) is 1. The van der Waals surface area contributed by atoms with Crippen LogP contribution in [0.15, 0.2) is 29.8 Å². The lowest BCUT2D eigenvalue weighted by molar-refractivity contribution is 1.46. The topological polar surface area (TPSA) is 24.4 Å². The Morgan fingerprint density at radius 3 is 2.75 bits per heavy atom. The third kappa shape index (κ3) is 1.37. The largest absolute Gasteiger partial charge is 0.388 e. The molecule has 0 amide bonds. The van der Waals surface area contributed by atoms with Gasteiger partial charge in [-0.3, -0.25) is 4.99 Å². The van der Waals surface area contributed by atoms with E-state index in [-0.39, 0.29) is 0 Å². The Morgan fingerprint density at radius 2 is 2.25 bits per heavy atom. The summed E-state index contributed by atoms with van der Waals surface area (Å²) in [6.07, 6.45) is 1.77. The second-order valence-electron chi connectivity index (χ2n) is 2.35. The standard InChI is InChI=1S/C10H12N2/c1-4-8-9(11-2)6-5-7-10(8)12-3/h4-7,12H,1-2H2,3H3. The Bertz CT molecular complexity index is 303. The number of benzene rings is 1. The second-order valence-corrected chi connectivity index (χ2v) is 2.35. The van der Waals surface area contributed by atoms with Gasteiger partial charge in [0, 0.05) is 18.3 Å². The van der Waals surface area contributed by atoms with Crippen molar-refractivity contribution < 1.29 is 0 Å². The molecule has 0 saturated carbocycles. The maximum Gasteiger partial charge on any atom is 0.0715 e. The van der Waals surface area contributed by atoms with Crippen LogP contribution in [0.4, 0.5) is 11.4 Å². The van der Waals surface area contributed by atoms with Gasteiger partial charge in [-0.25, -0.2) is 0 Å². The molecular weight excluding hydrogens is 148 g/mol. The molecule has 1 N–H and O–H groups in total. The molecule has 2 heteroatoms. The normalized spacial score (nSPS) is 9.08. The fourth-order valence-corrected chi connectivity index (χ4v) is 1.12. The van der Waals surface area contributed by atoms with Crippen LogP contribution in [0.5, 0.6) is 0 Å². The van der Waals surface area contributed by atoms with E-state index < -0.39 is 0 Å². The maximum absolute atomic E-state index is 3.89. The monoisotopic (exact) mass is 160 g/mol. The van der Waals surface area contributed by atoms with E-state index >= 15 is 0 Å².